The van der Waals surface area contributed by atoms with Crippen molar-refractivity contribution in [1.82, 2.24) is 25.5 Å². The number of tetrazole rings is 1. The molecule has 0 atom stereocenters. The van der Waals surface area contributed by atoms with Gasteiger partial charge in [0.1, 0.15) is 0 Å². The van der Waals surface area contributed by atoms with Crippen LogP contribution in [0.3, 0.4) is 0 Å². The number of hydrogen-bond donors (Lipinski definition) is 1. The summed E-state index contributed by atoms with van der Waals surface area (Å²) in [4.78, 5) is 0. The van der Waals surface area contributed by atoms with Crippen molar-refractivity contribution in [3.63, 3.8) is 0 Å². The molecule has 1 aromatic rings. The average Bonchev–Trinajstić information content (AvgIpc) is 2.98. The van der Waals surface area contributed by atoms with Crippen molar-refractivity contribution in [2.24, 2.45) is 0 Å². The van der Waals surface area contributed by atoms with Crippen molar-refractivity contribution in [2.75, 3.05) is 13.1 Å². The lowest BCUT2D eigenvalue weighted by molar-refractivity contribution is 0.329. The SMILES string of the molecule is C1CC(n2nnnc2C2CC2)CCN1. The lowest BCUT2D eigenvalue weighted by Gasteiger charge is -2.23. The van der Waals surface area contributed by atoms with E-state index in [0.29, 0.717) is 12.0 Å². The molecule has 0 amide bonds. The van der Waals surface area contributed by atoms with Gasteiger partial charge in [-0.25, -0.2) is 4.68 Å². The van der Waals surface area contributed by atoms with E-state index in [1.165, 1.54) is 12.8 Å². The van der Waals surface area contributed by atoms with E-state index in [4.69, 9.17) is 0 Å². The largest absolute Gasteiger partial charge is 0.317 e. The van der Waals surface area contributed by atoms with Gasteiger partial charge < -0.3 is 5.32 Å². The molecule has 1 aromatic heterocycles. The third-order valence-electron chi connectivity index (χ3n) is 3.12. The molecule has 0 bridgehead atoms. The van der Waals surface area contributed by atoms with Crippen molar-refractivity contribution < 1.29 is 0 Å². The van der Waals surface area contributed by atoms with Crippen molar-refractivity contribution in [3.05, 3.63) is 5.82 Å². The quantitative estimate of drug-likeness (QED) is 0.742. The van der Waals surface area contributed by atoms with Crippen molar-refractivity contribution in [2.45, 2.75) is 37.6 Å². The zero-order valence-electron chi connectivity index (χ0n) is 8.19. The standard InChI is InChI=1S/C9H15N5/c1-2-7(1)9-11-12-13-14(9)8-3-5-10-6-4-8/h7-8,10H,1-6H2. The summed E-state index contributed by atoms with van der Waals surface area (Å²) < 4.78 is 2.07. The Morgan fingerprint density at radius 2 is 1.93 bits per heavy atom. The fraction of sp³-hybridized carbons (Fsp3) is 0.889. The van der Waals surface area contributed by atoms with Gasteiger partial charge in [0.05, 0.1) is 6.04 Å². The lowest BCUT2D eigenvalue weighted by atomic mass is 10.1. The van der Waals surface area contributed by atoms with Crippen molar-refractivity contribution >= 4 is 0 Å². The van der Waals surface area contributed by atoms with Gasteiger partial charge in [-0.05, 0) is 49.2 Å². The summed E-state index contributed by atoms with van der Waals surface area (Å²) in [7, 11) is 0. The molecule has 14 heavy (non-hydrogen) atoms. The highest BCUT2D eigenvalue weighted by Gasteiger charge is 2.31. The summed E-state index contributed by atoms with van der Waals surface area (Å²) in [5, 5.41) is 15.4. The first kappa shape index (κ1) is 8.35. The first-order valence-electron chi connectivity index (χ1n) is 5.43. The number of nitrogens with zero attached hydrogens (tertiary/aromatic N) is 4. The molecule has 1 aliphatic heterocycles. The van der Waals surface area contributed by atoms with E-state index in [0.717, 1.165) is 31.8 Å². The molecular weight excluding hydrogens is 178 g/mol. The Kier molecular flexibility index (Phi) is 1.97. The normalized spacial score (nSPS) is 24.0. The summed E-state index contributed by atoms with van der Waals surface area (Å²) in [6.07, 6.45) is 4.85. The molecule has 0 unspecified atom stereocenters. The van der Waals surface area contributed by atoms with Crippen LogP contribution < -0.4 is 5.32 Å². The average molecular weight is 193 g/mol. The third-order valence-corrected chi connectivity index (χ3v) is 3.12. The van der Waals surface area contributed by atoms with Crippen LogP contribution in [0.2, 0.25) is 0 Å². The van der Waals surface area contributed by atoms with Crippen LogP contribution in [0, 0.1) is 0 Å². The second kappa shape index (κ2) is 3.31. The molecule has 1 N–H and O–H groups in total. The number of hydrogen-bond acceptors (Lipinski definition) is 4. The Labute approximate surface area is 82.9 Å². The monoisotopic (exact) mass is 193 g/mol. The maximum atomic E-state index is 4.13. The Morgan fingerprint density at radius 1 is 1.14 bits per heavy atom. The zero-order valence-corrected chi connectivity index (χ0v) is 8.19. The predicted molar refractivity (Wildman–Crippen MR) is 50.9 cm³/mol. The van der Waals surface area contributed by atoms with Crippen LogP contribution in [-0.4, -0.2) is 33.3 Å². The van der Waals surface area contributed by atoms with Gasteiger partial charge in [0.25, 0.3) is 0 Å². The number of aromatic nitrogens is 4. The molecule has 0 spiro atoms. The number of nitrogens with one attached hydrogen (secondary N) is 1. The maximum absolute atomic E-state index is 4.13. The molecule has 1 saturated carbocycles. The summed E-state index contributed by atoms with van der Waals surface area (Å²) in [6, 6.07) is 0.529. The minimum Gasteiger partial charge on any atom is -0.317 e. The van der Waals surface area contributed by atoms with E-state index in [1.54, 1.807) is 0 Å². The van der Waals surface area contributed by atoms with Crippen LogP contribution in [0.4, 0.5) is 0 Å². The van der Waals surface area contributed by atoms with Gasteiger partial charge in [-0.3, -0.25) is 0 Å². The van der Waals surface area contributed by atoms with E-state index >= 15 is 0 Å². The van der Waals surface area contributed by atoms with Gasteiger partial charge in [-0.15, -0.1) is 5.10 Å². The summed E-state index contributed by atoms with van der Waals surface area (Å²) >= 11 is 0. The molecule has 2 fully saturated rings. The van der Waals surface area contributed by atoms with Gasteiger partial charge >= 0.3 is 0 Å². The van der Waals surface area contributed by atoms with E-state index in [1.807, 2.05) is 0 Å². The fourth-order valence-electron chi connectivity index (χ4n) is 2.12. The molecular formula is C9H15N5. The van der Waals surface area contributed by atoms with Crippen LogP contribution in [-0.2, 0) is 0 Å². The topological polar surface area (TPSA) is 55.6 Å². The summed E-state index contributed by atoms with van der Waals surface area (Å²) in [6.45, 7) is 2.18. The minimum atomic E-state index is 0.529. The zero-order chi connectivity index (χ0) is 9.38. The predicted octanol–water partition coefficient (Wildman–Crippen LogP) is 0.475. The van der Waals surface area contributed by atoms with E-state index in [2.05, 4.69) is 25.5 Å². The fourth-order valence-corrected chi connectivity index (χ4v) is 2.12. The van der Waals surface area contributed by atoms with Crippen LogP contribution in [0.15, 0.2) is 0 Å². The molecule has 0 aromatic carbocycles. The number of piperidine rings is 1. The third kappa shape index (κ3) is 1.41. The lowest BCUT2D eigenvalue weighted by Crippen LogP contribution is -2.30. The maximum Gasteiger partial charge on any atom is 0.154 e. The van der Waals surface area contributed by atoms with Crippen LogP contribution in [0.25, 0.3) is 0 Å². The van der Waals surface area contributed by atoms with Crippen molar-refractivity contribution in [1.29, 1.82) is 0 Å². The highest BCUT2D eigenvalue weighted by molar-refractivity contribution is 5.03. The smallest absolute Gasteiger partial charge is 0.154 e. The van der Waals surface area contributed by atoms with Crippen molar-refractivity contribution in [3.8, 4) is 0 Å². The second-order valence-electron chi connectivity index (χ2n) is 4.24. The van der Waals surface area contributed by atoms with Gasteiger partial charge in [0, 0.05) is 5.92 Å². The molecule has 3 rings (SSSR count). The van der Waals surface area contributed by atoms with E-state index in [9.17, 15) is 0 Å². The molecule has 76 valence electrons. The Balaban J connectivity index is 1.82. The van der Waals surface area contributed by atoms with Crippen LogP contribution in [0.5, 0.6) is 0 Å². The highest BCUT2D eigenvalue weighted by atomic mass is 15.6. The molecule has 1 aliphatic carbocycles. The number of rotatable bonds is 2. The molecule has 1 saturated heterocycles. The van der Waals surface area contributed by atoms with Gasteiger partial charge in [-0.1, -0.05) is 0 Å². The highest BCUT2D eigenvalue weighted by Crippen LogP contribution is 2.39. The van der Waals surface area contributed by atoms with Crippen LogP contribution in [0.1, 0.15) is 43.5 Å². The van der Waals surface area contributed by atoms with Gasteiger partial charge in [0.2, 0.25) is 0 Å². The van der Waals surface area contributed by atoms with E-state index in [-0.39, 0.29) is 0 Å². The second-order valence-corrected chi connectivity index (χ2v) is 4.24. The Bertz CT molecular complexity index is 311. The molecule has 2 heterocycles. The van der Waals surface area contributed by atoms with E-state index < -0.39 is 0 Å². The van der Waals surface area contributed by atoms with Gasteiger partial charge in [-0.2, -0.15) is 0 Å². The molecule has 0 radical (unpaired) electrons. The molecule has 5 nitrogen and oxygen atoms in total. The van der Waals surface area contributed by atoms with Crippen LogP contribution >= 0.6 is 0 Å². The molecule has 2 aliphatic rings. The summed E-state index contributed by atoms with van der Waals surface area (Å²) in [5.74, 6) is 1.77. The van der Waals surface area contributed by atoms with Gasteiger partial charge in [0.15, 0.2) is 5.82 Å². The first-order chi connectivity index (χ1) is 6.95. The summed E-state index contributed by atoms with van der Waals surface area (Å²) in [5.41, 5.74) is 0. The Hall–Kier alpha value is -0.970. The molecule has 5 heteroatoms. The first-order valence-corrected chi connectivity index (χ1v) is 5.43. The minimum absolute atomic E-state index is 0.529. The Morgan fingerprint density at radius 3 is 2.64 bits per heavy atom.